The van der Waals surface area contributed by atoms with Crippen molar-refractivity contribution >= 4 is 0 Å². The van der Waals surface area contributed by atoms with Gasteiger partial charge in [-0.3, -0.25) is 4.90 Å². The summed E-state index contributed by atoms with van der Waals surface area (Å²) in [5.74, 6) is 0. The largest absolute Gasteiger partial charge is 0.314 e. The number of hydrogen-bond donors (Lipinski definition) is 1. The fourth-order valence-corrected chi connectivity index (χ4v) is 2.86. The highest BCUT2D eigenvalue weighted by atomic mass is 19.3. The van der Waals surface area contributed by atoms with Gasteiger partial charge in [-0.15, -0.1) is 0 Å². The molecular weight excluding hydrogens is 270 g/mol. The smallest absolute Gasteiger partial charge is 0.240 e. The molecule has 2 nitrogen and oxygen atoms in total. The third-order valence-electron chi connectivity index (χ3n) is 4.16. The van der Waals surface area contributed by atoms with Gasteiger partial charge in [-0.1, -0.05) is 45.0 Å². The lowest BCUT2D eigenvalue weighted by atomic mass is 9.86. The Bertz CT molecular complexity index is 431. The van der Waals surface area contributed by atoms with Gasteiger partial charge < -0.3 is 5.32 Å². The third kappa shape index (κ3) is 4.48. The zero-order chi connectivity index (χ0) is 15.5. The van der Waals surface area contributed by atoms with Crippen LogP contribution in [0.15, 0.2) is 24.3 Å². The zero-order valence-corrected chi connectivity index (χ0v) is 13.2. The van der Waals surface area contributed by atoms with Gasteiger partial charge in [0.15, 0.2) is 0 Å². The predicted molar refractivity (Wildman–Crippen MR) is 82.9 cm³/mol. The van der Waals surface area contributed by atoms with Gasteiger partial charge in [-0.05, 0) is 16.5 Å². The van der Waals surface area contributed by atoms with Crippen LogP contribution < -0.4 is 5.32 Å². The third-order valence-corrected chi connectivity index (χ3v) is 4.16. The molecule has 1 aromatic carbocycles. The molecule has 0 radical (unpaired) electrons. The number of hydrogen-bond acceptors (Lipinski definition) is 2. The first-order valence-corrected chi connectivity index (χ1v) is 7.71. The minimum Gasteiger partial charge on any atom is -0.314 e. The molecule has 0 saturated carbocycles. The van der Waals surface area contributed by atoms with Crippen LogP contribution in [0.3, 0.4) is 0 Å². The van der Waals surface area contributed by atoms with E-state index in [2.05, 4.69) is 43.1 Å². The molecule has 0 spiro atoms. The number of rotatable bonds is 4. The van der Waals surface area contributed by atoms with E-state index in [9.17, 15) is 8.78 Å². The maximum atomic E-state index is 13.0. The number of alkyl halides is 2. The summed E-state index contributed by atoms with van der Waals surface area (Å²) < 4.78 is 25.9. The van der Waals surface area contributed by atoms with Crippen molar-refractivity contribution in [1.82, 2.24) is 10.2 Å². The minimum absolute atomic E-state index is 0.0884. The summed E-state index contributed by atoms with van der Waals surface area (Å²) in [5, 5.41) is 3.27. The van der Waals surface area contributed by atoms with E-state index in [1.54, 1.807) is 0 Å². The van der Waals surface area contributed by atoms with Crippen LogP contribution in [0, 0.1) is 0 Å². The first-order valence-electron chi connectivity index (χ1n) is 7.71. The Labute approximate surface area is 126 Å². The molecule has 1 fully saturated rings. The Morgan fingerprint density at radius 2 is 1.67 bits per heavy atom. The number of nitrogens with zero attached hydrogens (tertiary/aromatic N) is 1. The molecule has 0 aromatic heterocycles. The van der Waals surface area contributed by atoms with Crippen LogP contribution in [0.25, 0.3) is 0 Å². The molecule has 0 amide bonds. The van der Waals surface area contributed by atoms with Gasteiger partial charge in [0.2, 0.25) is 6.43 Å². The molecule has 118 valence electrons. The highest BCUT2D eigenvalue weighted by Crippen LogP contribution is 2.30. The van der Waals surface area contributed by atoms with Crippen LogP contribution in [-0.2, 0) is 5.41 Å². The van der Waals surface area contributed by atoms with Gasteiger partial charge in [-0.2, -0.15) is 0 Å². The van der Waals surface area contributed by atoms with Gasteiger partial charge in [0.05, 0.1) is 0 Å². The van der Waals surface area contributed by atoms with Crippen molar-refractivity contribution in [3.05, 3.63) is 35.4 Å². The summed E-state index contributed by atoms with van der Waals surface area (Å²) in [6.45, 7) is 9.90. The fraction of sp³-hybridized carbons (Fsp3) is 0.647. The molecule has 4 heteroatoms. The summed E-state index contributed by atoms with van der Waals surface area (Å²) in [6.07, 6.45) is -2.36. The molecule has 1 saturated heterocycles. The quantitative estimate of drug-likeness (QED) is 0.913. The normalized spacial score (nSPS) is 19.0. The van der Waals surface area contributed by atoms with Gasteiger partial charge >= 0.3 is 0 Å². The highest BCUT2D eigenvalue weighted by molar-refractivity contribution is 5.29. The second kappa shape index (κ2) is 6.84. The van der Waals surface area contributed by atoms with Crippen LogP contribution in [-0.4, -0.2) is 37.5 Å². The van der Waals surface area contributed by atoms with Gasteiger partial charge in [0.1, 0.15) is 0 Å². The molecule has 1 heterocycles. The molecule has 1 N–H and O–H groups in total. The molecule has 1 aliphatic rings. The Hall–Kier alpha value is -1.00. The van der Waals surface area contributed by atoms with E-state index < -0.39 is 6.43 Å². The number of nitrogens with one attached hydrogen (secondary N) is 1. The summed E-state index contributed by atoms with van der Waals surface area (Å²) in [7, 11) is 0. The lowest BCUT2D eigenvalue weighted by Gasteiger charge is -2.35. The lowest BCUT2D eigenvalue weighted by molar-refractivity contribution is 0.0739. The molecular formula is C17H26F2N2. The van der Waals surface area contributed by atoms with Crippen molar-refractivity contribution in [1.29, 1.82) is 0 Å². The van der Waals surface area contributed by atoms with Crippen molar-refractivity contribution in [2.45, 2.75) is 45.1 Å². The number of piperazine rings is 1. The number of halogens is 2. The van der Waals surface area contributed by atoms with Crippen LogP contribution >= 0.6 is 0 Å². The van der Waals surface area contributed by atoms with E-state index in [0.717, 1.165) is 31.7 Å². The minimum atomic E-state index is -2.27. The summed E-state index contributed by atoms with van der Waals surface area (Å²) in [5.41, 5.74) is 2.33. The maximum absolute atomic E-state index is 13.0. The lowest BCUT2D eigenvalue weighted by Crippen LogP contribution is -2.45. The molecule has 1 aromatic rings. The van der Waals surface area contributed by atoms with Gasteiger partial charge in [0.25, 0.3) is 0 Å². The van der Waals surface area contributed by atoms with E-state index in [4.69, 9.17) is 0 Å². The van der Waals surface area contributed by atoms with Crippen LogP contribution in [0.2, 0.25) is 0 Å². The van der Waals surface area contributed by atoms with Crippen molar-refractivity contribution in [2.24, 2.45) is 0 Å². The molecule has 0 bridgehead atoms. The first kappa shape index (κ1) is 16.4. The summed E-state index contributed by atoms with van der Waals surface area (Å²) in [4.78, 5) is 2.18. The van der Waals surface area contributed by atoms with E-state index in [-0.39, 0.29) is 17.9 Å². The molecule has 1 aliphatic heterocycles. The van der Waals surface area contributed by atoms with Crippen molar-refractivity contribution < 1.29 is 8.78 Å². The Balaban J connectivity index is 2.19. The van der Waals surface area contributed by atoms with Crippen LogP contribution in [0.5, 0.6) is 0 Å². The standard InChI is InChI=1S/C17H26F2N2/c1-17(2,3)14-6-4-13(5-7-14)15(12-16(18)19)21-10-8-20-9-11-21/h4-7,15-16,20H,8-12H2,1-3H3/t15-/m1/s1. The van der Waals surface area contributed by atoms with Gasteiger partial charge in [-0.25, -0.2) is 8.78 Å². The predicted octanol–water partition coefficient (Wildman–Crippen LogP) is 3.59. The Morgan fingerprint density at radius 3 is 2.14 bits per heavy atom. The van der Waals surface area contributed by atoms with Crippen molar-refractivity contribution in [2.75, 3.05) is 26.2 Å². The fourth-order valence-electron chi connectivity index (χ4n) is 2.86. The van der Waals surface area contributed by atoms with E-state index in [1.165, 1.54) is 5.56 Å². The Morgan fingerprint density at radius 1 is 1.10 bits per heavy atom. The molecule has 21 heavy (non-hydrogen) atoms. The van der Waals surface area contributed by atoms with E-state index >= 15 is 0 Å². The number of benzene rings is 1. The average molecular weight is 296 g/mol. The topological polar surface area (TPSA) is 15.3 Å². The van der Waals surface area contributed by atoms with Crippen LogP contribution in [0.1, 0.15) is 44.4 Å². The maximum Gasteiger partial charge on any atom is 0.240 e. The second-order valence-corrected chi connectivity index (χ2v) is 6.80. The highest BCUT2D eigenvalue weighted by Gasteiger charge is 2.25. The first-order chi connectivity index (χ1) is 9.88. The van der Waals surface area contributed by atoms with Crippen molar-refractivity contribution in [3.63, 3.8) is 0 Å². The molecule has 0 unspecified atom stereocenters. The molecule has 1 atom stereocenters. The van der Waals surface area contributed by atoms with Gasteiger partial charge in [0, 0.05) is 38.6 Å². The van der Waals surface area contributed by atoms with Crippen LogP contribution in [0.4, 0.5) is 8.78 Å². The van der Waals surface area contributed by atoms with E-state index in [0.29, 0.717) is 0 Å². The monoisotopic (exact) mass is 296 g/mol. The Kier molecular flexibility index (Phi) is 5.33. The summed E-state index contributed by atoms with van der Waals surface area (Å²) in [6, 6.07) is 8.03. The molecule has 2 rings (SSSR count). The summed E-state index contributed by atoms with van der Waals surface area (Å²) >= 11 is 0. The SMILES string of the molecule is CC(C)(C)c1ccc([C@@H](CC(F)F)N2CCNCC2)cc1. The average Bonchev–Trinajstić information content (AvgIpc) is 2.45. The van der Waals surface area contributed by atoms with E-state index in [1.807, 2.05) is 12.1 Å². The second-order valence-electron chi connectivity index (χ2n) is 6.80. The zero-order valence-electron chi connectivity index (χ0n) is 13.2. The van der Waals surface area contributed by atoms with Crippen molar-refractivity contribution in [3.8, 4) is 0 Å². The molecule has 0 aliphatic carbocycles.